The second-order valence-electron chi connectivity index (χ2n) is 3.33. The first-order valence-electron chi connectivity index (χ1n) is 5.01. The van der Waals surface area contributed by atoms with Crippen LogP contribution in [0.25, 0.3) is 6.08 Å². The lowest BCUT2D eigenvalue weighted by atomic mass is 10.2. The number of carbonyl (C=O) groups is 2. The number of benzene rings is 1. The van der Waals surface area contributed by atoms with Gasteiger partial charge in [0.2, 0.25) is 5.91 Å². The zero-order valence-corrected chi connectivity index (χ0v) is 9.04. The van der Waals surface area contributed by atoms with Crippen molar-refractivity contribution in [3.63, 3.8) is 0 Å². The molecule has 5 nitrogen and oxygen atoms in total. The first kappa shape index (κ1) is 12.9. The van der Waals surface area contributed by atoms with Crippen molar-refractivity contribution in [3.05, 3.63) is 42.0 Å². The summed E-state index contributed by atoms with van der Waals surface area (Å²) in [7, 11) is 0. The Kier molecular flexibility index (Phi) is 4.90. The molecule has 1 amide bonds. The van der Waals surface area contributed by atoms with E-state index in [0.717, 1.165) is 5.56 Å². The molecule has 0 fully saturated rings. The average molecular weight is 235 g/mol. The minimum absolute atomic E-state index is 0.560. The van der Waals surface area contributed by atoms with Gasteiger partial charge in [-0.1, -0.05) is 30.3 Å². The zero-order valence-electron chi connectivity index (χ0n) is 9.04. The molecule has 1 aromatic carbocycles. The summed E-state index contributed by atoms with van der Waals surface area (Å²) in [4.78, 5) is 21.9. The molecule has 90 valence electrons. The Morgan fingerprint density at radius 2 is 1.94 bits per heavy atom. The Bertz CT molecular complexity index is 414. The number of carbonyl (C=O) groups excluding carboxylic acids is 1. The largest absolute Gasteiger partial charge is 0.480 e. The lowest BCUT2D eigenvalue weighted by molar-refractivity contribution is -0.142. The smallest absolute Gasteiger partial charge is 0.328 e. The van der Waals surface area contributed by atoms with Gasteiger partial charge in [0, 0.05) is 6.08 Å². The third-order valence-corrected chi connectivity index (χ3v) is 2.02. The number of nitrogens with one attached hydrogen (secondary N) is 1. The number of carboxylic acids is 1. The number of aliphatic hydroxyl groups is 1. The minimum atomic E-state index is -1.28. The van der Waals surface area contributed by atoms with Gasteiger partial charge in [-0.2, -0.15) is 0 Å². The first-order valence-corrected chi connectivity index (χ1v) is 5.01. The Hall–Kier alpha value is -2.14. The standard InChI is InChI=1S/C12H13NO4/c14-8-10(12(16)17)13-11(15)7-6-9-4-2-1-3-5-9/h1-7,10,14H,8H2,(H,13,15)(H,16,17)/b7-6+/t10-/m1/s1. The third-order valence-electron chi connectivity index (χ3n) is 2.02. The van der Waals surface area contributed by atoms with Crippen LogP contribution < -0.4 is 5.32 Å². The van der Waals surface area contributed by atoms with Gasteiger partial charge in [-0.15, -0.1) is 0 Å². The summed E-state index contributed by atoms with van der Waals surface area (Å²) in [6, 6.07) is 7.85. The minimum Gasteiger partial charge on any atom is -0.480 e. The predicted molar refractivity (Wildman–Crippen MR) is 62.1 cm³/mol. The summed E-state index contributed by atoms with van der Waals surface area (Å²) < 4.78 is 0. The summed E-state index contributed by atoms with van der Waals surface area (Å²) in [5.41, 5.74) is 0.832. The zero-order chi connectivity index (χ0) is 12.7. The van der Waals surface area contributed by atoms with E-state index in [1.165, 1.54) is 6.08 Å². The lowest BCUT2D eigenvalue weighted by Crippen LogP contribution is -2.42. The first-order chi connectivity index (χ1) is 8.13. The molecule has 0 aromatic heterocycles. The normalized spacial score (nSPS) is 12.3. The molecule has 0 aliphatic rings. The molecule has 0 aliphatic carbocycles. The van der Waals surface area contributed by atoms with Gasteiger partial charge in [-0.25, -0.2) is 4.79 Å². The van der Waals surface area contributed by atoms with Crippen LogP contribution in [0.15, 0.2) is 36.4 Å². The molecule has 0 saturated carbocycles. The molecule has 0 heterocycles. The van der Waals surface area contributed by atoms with Gasteiger partial charge >= 0.3 is 5.97 Å². The fourth-order valence-corrected chi connectivity index (χ4v) is 1.14. The van der Waals surface area contributed by atoms with Crippen molar-refractivity contribution in [2.45, 2.75) is 6.04 Å². The van der Waals surface area contributed by atoms with Crippen molar-refractivity contribution in [1.29, 1.82) is 0 Å². The Labute approximate surface area is 98.4 Å². The van der Waals surface area contributed by atoms with E-state index in [2.05, 4.69) is 5.32 Å². The summed E-state index contributed by atoms with van der Waals surface area (Å²) in [5.74, 6) is -1.83. The van der Waals surface area contributed by atoms with Crippen LogP contribution >= 0.6 is 0 Å². The molecular weight excluding hydrogens is 222 g/mol. The lowest BCUT2D eigenvalue weighted by Gasteiger charge is -2.08. The second kappa shape index (κ2) is 6.44. The number of hydrogen-bond donors (Lipinski definition) is 3. The number of aliphatic carboxylic acids is 1. The average Bonchev–Trinajstić information content (AvgIpc) is 2.34. The third kappa shape index (κ3) is 4.48. The molecule has 5 heteroatoms. The second-order valence-corrected chi connectivity index (χ2v) is 3.33. The van der Waals surface area contributed by atoms with Crippen molar-refractivity contribution in [1.82, 2.24) is 5.32 Å². The molecule has 17 heavy (non-hydrogen) atoms. The number of rotatable bonds is 5. The van der Waals surface area contributed by atoms with Crippen LogP contribution in [0.3, 0.4) is 0 Å². The van der Waals surface area contributed by atoms with Crippen molar-refractivity contribution in [3.8, 4) is 0 Å². The summed E-state index contributed by atoms with van der Waals surface area (Å²) in [6.45, 7) is -0.639. The quantitative estimate of drug-likeness (QED) is 0.639. The molecule has 3 N–H and O–H groups in total. The van der Waals surface area contributed by atoms with Gasteiger partial charge in [0.25, 0.3) is 0 Å². The Morgan fingerprint density at radius 3 is 2.47 bits per heavy atom. The summed E-state index contributed by atoms with van der Waals surface area (Å²) in [6.07, 6.45) is 2.78. The van der Waals surface area contributed by atoms with Gasteiger partial charge in [-0.05, 0) is 11.6 Å². The number of aliphatic hydroxyl groups excluding tert-OH is 1. The highest BCUT2D eigenvalue weighted by molar-refractivity contribution is 5.94. The van der Waals surface area contributed by atoms with Crippen LogP contribution in [0.4, 0.5) is 0 Å². The van der Waals surface area contributed by atoms with Crippen LogP contribution in [0, 0.1) is 0 Å². The summed E-state index contributed by atoms with van der Waals surface area (Å²) in [5, 5.41) is 19.5. The fraction of sp³-hybridized carbons (Fsp3) is 0.167. The van der Waals surface area contributed by atoms with Gasteiger partial charge in [-0.3, -0.25) is 4.79 Å². The van der Waals surface area contributed by atoms with Crippen LogP contribution in [-0.2, 0) is 9.59 Å². The molecule has 1 atom stereocenters. The molecule has 0 spiro atoms. The van der Waals surface area contributed by atoms with Crippen molar-refractivity contribution in [2.75, 3.05) is 6.61 Å². The van der Waals surface area contributed by atoms with E-state index >= 15 is 0 Å². The van der Waals surface area contributed by atoms with E-state index in [0.29, 0.717) is 0 Å². The molecule has 0 bridgehead atoms. The Morgan fingerprint density at radius 1 is 1.29 bits per heavy atom. The maximum atomic E-state index is 11.3. The van der Waals surface area contributed by atoms with Crippen LogP contribution in [0.5, 0.6) is 0 Å². The molecule has 0 unspecified atom stereocenters. The number of hydrogen-bond acceptors (Lipinski definition) is 3. The van der Waals surface area contributed by atoms with E-state index in [9.17, 15) is 9.59 Å². The molecule has 1 rings (SSSR count). The number of carboxylic acid groups (broad SMARTS) is 1. The van der Waals surface area contributed by atoms with Crippen LogP contribution in [0.1, 0.15) is 5.56 Å². The van der Waals surface area contributed by atoms with Crippen LogP contribution in [0.2, 0.25) is 0 Å². The maximum Gasteiger partial charge on any atom is 0.328 e. The monoisotopic (exact) mass is 235 g/mol. The molecule has 0 saturated heterocycles. The fourth-order valence-electron chi connectivity index (χ4n) is 1.14. The molecule has 0 radical (unpaired) electrons. The van der Waals surface area contributed by atoms with E-state index in [1.807, 2.05) is 30.3 Å². The topological polar surface area (TPSA) is 86.6 Å². The van der Waals surface area contributed by atoms with Gasteiger partial charge in [0.15, 0.2) is 6.04 Å². The van der Waals surface area contributed by atoms with Gasteiger partial charge in [0.1, 0.15) is 0 Å². The van der Waals surface area contributed by atoms with Crippen LogP contribution in [-0.4, -0.2) is 34.7 Å². The highest BCUT2D eigenvalue weighted by Gasteiger charge is 2.16. The molecular formula is C12H13NO4. The van der Waals surface area contributed by atoms with E-state index < -0.39 is 24.5 Å². The van der Waals surface area contributed by atoms with Crippen molar-refractivity contribution in [2.24, 2.45) is 0 Å². The predicted octanol–water partition coefficient (Wildman–Crippen LogP) is 0.261. The molecule has 0 aliphatic heterocycles. The highest BCUT2D eigenvalue weighted by atomic mass is 16.4. The van der Waals surface area contributed by atoms with E-state index in [4.69, 9.17) is 10.2 Å². The molecule has 1 aromatic rings. The van der Waals surface area contributed by atoms with E-state index in [-0.39, 0.29) is 0 Å². The Balaban J connectivity index is 2.55. The van der Waals surface area contributed by atoms with Gasteiger partial charge < -0.3 is 15.5 Å². The van der Waals surface area contributed by atoms with E-state index in [1.54, 1.807) is 6.08 Å². The maximum absolute atomic E-state index is 11.3. The van der Waals surface area contributed by atoms with Gasteiger partial charge in [0.05, 0.1) is 6.61 Å². The number of amides is 1. The highest BCUT2D eigenvalue weighted by Crippen LogP contribution is 2.00. The SMILES string of the molecule is O=C(/C=C/c1ccccc1)N[C@H](CO)C(=O)O. The summed E-state index contributed by atoms with van der Waals surface area (Å²) >= 11 is 0. The van der Waals surface area contributed by atoms with Crippen molar-refractivity contribution < 1.29 is 19.8 Å². The van der Waals surface area contributed by atoms with Crippen molar-refractivity contribution >= 4 is 18.0 Å².